The number of carbonyl (C=O) groups excluding carboxylic acids is 2. The molecule has 8 heteroatoms. The number of Topliss-reactive ketones (excluding diaryl/α,β-unsaturated/α-hetero) is 1. The van der Waals surface area contributed by atoms with Crippen LogP contribution in [0.2, 0.25) is 0 Å². The number of benzene rings is 1. The van der Waals surface area contributed by atoms with Crippen molar-refractivity contribution in [3.05, 3.63) is 53.0 Å². The van der Waals surface area contributed by atoms with Crippen LogP contribution < -0.4 is 14.5 Å². The van der Waals surface area contributed by atoms with E-state index in [2.05, 4.69) is 4.98 Å². The number of quaternary nitrogens is 1. The molecule has 0 radical (unpaired) electrons. The van der Waals surface area contributed by atoms with Gasteiger partial charge in [0.25, 0.3) is 0 Å². The molecule has 2 aromatic rings. The van der Waals surface area contributed by atoms with Crippen molar-refractivity contribution in [1.82, 2.24) is 4.98 Å². The molecule has 1 aromatic heterocycles. The van der Waals surface area contributed by atoms with Gasteiger partial charge in [0, 0.05) is 12.3 Å². The number of fused-ring (bicyclic) bond motifs is 1. The third kappa shape index (κ3) is 4.33. The summed E-state index contributed by atoms with van der Waals surface area (Å²) in [6.07, 6.45) is 5.85. The van der Waals surface area contributed by atoms with E-state index in [0.29, 0.717) is 29.4 Å². The molecule has 32 heavy (non-hydrogen) atoms. The summed E-state index contributed by atoms with van der Waals surface area (Å²) in [6.45, 7) is 2.31. The minimum atomic E-state index is -1.03. The second-order valence-corrected chi connectivity index (χ2v) is 8.16. The number of esters is 1. The van der Waals surface area contributed by atoms with Crippen molar-refractivity contribution in [1.29, 1.82) is 0 Å². The second-order valence-electron chi connectivity index (χ2n) is 8.16. The summed E-state index contributed by atoms with van der Waals surface area (Å²) in [5.74, 6) is -0.391. The molecule has 0 saturated heterocycles. The van der Waals surface area contributed by atoms with Crippen LogP contribution in [0.1, 0.15) is 61.0 Å². The zero-order chi connectivity index (χ0) is 22.7. The van der Waals surface area contributed by atoms with E-state index in [1.165, 1.54) is 13.3 Å². The Morgan fingerprint density at radius 2 is 2.03 bits per heavy atom. The van der Waals surface area contributed by atoms with E-state index < -0.39 is 17.9 Å². The number of hydroxylamine groups is 1. The van der Waals surface area contributed by atoms with E-state index in [4.69, 9.17) is 14.2 Å². The zero-order valence-corrected chi connectivity index (χ0v) is 18.3. The maximum atomic E-state index is 13.1. The molecule has 2 aliphatic rings. The first kappa shape index (κ1) is 22.2. The summed E-state index contributed by atoms with van der Waals surface area (Å²) < 4.78 is 16.8. The topological polar surface area (TPSA) is 102 Å². The largest absolute Gasteiger partial charge is 0.628 e. The first-order valence-corrected chi connectivity index (χ1v) is 11.1. The van der Waals surface area contributed by atoms with Gasteiger partial charge in [-0.15, -0.1) is 0 Å². The molecule has 8 nitrogen and oxygen atoms in total. The van der Waals surface area contributed by atoms with Crippen LogP contribution in [0.3, 0.4) is 0 Å². The molecule has 2 heterocycles. The molecule has 170 valence electrons. The third-order valence-corrected chi connectivity index (χ3v) is 6.18. The van der Waals surface area contributed by atoms with Crippen molar-refractivity contribution in [3.8, 4) is 11.5 Å². The molecule has 1 saturated carbocycles. The fourth-order valence-corrected chi connectivity index (χ4v) is 4.60. The number of pyridine rings is 1. The Hall–Kier alpha value is -2.97. The highest BCUT2D eigenvalue weighted by Gasteiger charge is 2.46. The van der Waals surface area contributed by atoms with Crippen LogP contribution in [0.15, 0.2) is 36.5 Å². The van der Waals surface area contributed by atoms with Crippen molar-refractivity contribution in [2.45, 2.75) is 57.1 Å². The predicted molar refractivity (Wildman–Crippen MR) is 116 cm³/mol. The van der Waals surface area contributed by atoms with Crippen LogP contribution in [-0.4, -0.2) is 42.6 Å². The number of nitrogens with one attached hydrogen (secondary N) is 1. The number of ether oxygens (including phenoxy) is 3. The van der Waals surface area contributed by atoms with Crippen molar-refractivity contribution >= 4 is 17.4 Å². The predicted octanol–water partition coefficient (Wildman–Crippen LogP) is 2.73. The Kier molecular flexibility index (Phi) is 6.72. The van der Waals surface area contributed by atoms with Gasteiger partial charge in [-0.25, -0.2) is 4.98 Å². The number of carbonyl (C=O) groups is 2. The lowest BCUT2D eigenvalue weighted by Crippen LogP contribution is -3.06. The lowest BCUT2D eigenvalue weighted by molar-refractivity contribution is -0.792. The monoisotopic (exact) mass is 440 g/mol. The Balaban J connectivity index is 1.69. The molecule has 1 N–H and O–H groups in total. The number of hydrogen-bond acceptors (Lipinski definition) is 7. The molecule has 3 atom stereocenters. The van der Waals surface area contributed by atoms with Crippen LogP contribution in [-0.2, 0) is 9.53 Å². The van der Waals surface area contributed by atoms with Gasteiger partial charge in [0.1, 0.15) is 0 Å². The number of hydrogen-bond donors (Lipinski definition) is 1. The molecule has 1 fully saturated rings. The van der Waals surface area contributed by atoms with Gasteiger partial charge in [0.2, 0.25) is 5.78 Å². The Morgan fingerprint density at radius 1 is 1.25 bits per heavy atom. The number of ketones is 1. The normalized spacial score (nSPS) is 21.3. The second kappa shape index (κ2) is 9.67. The highest BCUT2D eigenvalue weighted by molar-refractivity contribution is 6.04. The molecule has 0 bridgehead atoms. The highest BCUT2D eigenvalue weighted by Crippen LogP contribution is 2.37. The summed E-state index contributed by atoms with van der Waals surface area (Å²) in [6, 6.07) is 7.58. The van der Waals surface area contributed by atoms with Gasteiger partial charge in [0.05, 0.1) is 32.2 Å². The van der Waals surface area contributed by atoms with Crippen LogP contribution >= 0.6 is 0 Å². The summed E-state index contributed by atoms with van der Waals surface area (Å²) >= 11 is 0. The van der Waals surface area contributed by atoms with E-state index in [0.717, 1.165) is 25.7 Å². The fourth-order valence-electron chi connectivity index (χ4n) is 4.60. The van der Waals surface area contributed by atoms with Crippen molar-refractivity contribution in [2.24, 2.45) is 0 Å². The quantitative estimate of drug-likeness (QED) is 0.497. The molecule has 0 spiro atoms. The van der Waals surface area contributed by atoms with Gasteiger partial charge in [-0.1, -0.05) is 6.07 Å². The molecule has 1 aliphatic heterocycles. The number of aromatic nitrogens is 1. The van der Waals surface area contributed by atoms with E-state index in [-0.39, 0.29) is 29.1 Å². The SMILES string of the molecule is CCOc1cc(C(CC(=O)OC)C2C(=O)c3ncccc3[NH+]2[O-])ccc1OC1CCCC1. The lowest BCUT2D eigenvalue weighted by atomic mass is 9.86. The van der Waals surface area contributed by atoms with E-state index >= 15 is 0 Å². The highest BCUT2D eigenvalue weighted by atomic mass is 16.5. The van der Waals surface area contributed by atoms with Gasteiger partial charge in [-0.05, 0) is 56.4 Å². The van der Waals surface area contributed by atoms with Crippen LogP contribution in [0.5, 0.6) is 11.5 Å². The Labute approximate surface area is 187 Å². The van der Waals surface area contributed by atoms with E-state index in [9.17, 15) is 14.8 Å². The van der Waals surface area contributed by atoms with E-state index in [1.807, 2.05) is 6.92 Å². The summed E-state index contributed by atoms with van der Waals surface area (Å²) in [7, 11) is 1.29. The average molecular weight is 440 g/mol. The van der Waals surface area contributed by atoms with Crippen molar-refractivity contribution in [3.63, 3.8) is 0 Å². The summed E-state index contributed by atoms with van der Waals surface area (Å²) in [5, 5.41) is 12.8. The maximum absolute atomic E-state index is 13.1. The van der Waals surface area contributed by atoms with E-state index in [1.54, 1.807) is 30.3 Å². The Morgan fingerprint density at radius 3 is 2.72 bits per heavy atom. The number of rotatable bonds is 8. The molecule has 1 aromatic carbocycles. The van der Waals surface area contributed by atoms with Crippen LogP contribution in [0, 0.1) is 5.21 Å². The molecule has 3 unspecified atom stereocenters. The number of methoxy groups -OCH3 is 1. The smallest absolute Gasteiger partial charge is 0.306 e. The zero-order valence-electron chi connectivity index (χ0n) is 18.3. The standard InChI is InChI=1S/C24H28N2O6/c1-3-31-20-13-15(10-11-19(20)32-16-7-4-5-8-16)17(14-21(27)30-2)23-24(28)22-18(26(23)29)9-6-12-25-22/h6,9-13,16-17,23,26H,3-5,7-8,14H2,1-2H3. The van der Waals surface area contributed by atoms with Crippen LogP contribution in [0.4, 0.5) is 5.69 Å². The Bertz CT molecular complexity index is 988. The summed E-state index contributed by atoms with van der Waals surface area (Å²) in [4.78, 5) is 29.4. The molecule has 4 rings (SSSR count). The van der Waals surface area contributed by atoms with Crippen molar-refractivity contribution < 1.29 is 28.9 Å². The van der Waals surface area contributed by atoms with Gasteiger partial charge in [0.15, 0.2) is 28.9 Å². The minimum absolute atomic E-state index is 0.110. The minimum Gasteiger partial charge on any atom is -0.628 e. The maximum Gasteiger partial charge on any atom is 0.306 e. The molecule has 1 aliphatic carbocycles. The van der Waals surface area contributed by atoms with Crippen molar-refractivity contribution in [2.75, 3.05) is 13.7 Å². The first-order chi connectivity index (χ1) is 15.5. The van der Waals surface area contributed by atoms with Gasteiger partial charge in [-0.2, -0.15) is 0 Å². The molecule has 0 amide bonds. The third-order valence-electron chi connectivity index (χ3n) is 6.18. The number of nitrogens with zero attached hydrogens (tertiary/aromatic N) is 1. The molecular formula is C24H28N2O6. The van der Waals surface area contributed by atoms with Crippen LogP contribution in [0.25, 0.3) is 0 Å². The van der Waals surface area contributed by atoms with Gasteiger partial charge < -0.3 is 24.5 Å². The average Bonchev–Trinajstić information content (AvgIpc) is 3.40. The summed E-state index contributed by atoms with van der Waals surface area (Å²) in [5.41, 5.74) is 1.10. The lowest BCUT2D eigenvalue weighted by Gasteiger charge is -2.30. The van der Waals surface area contributed by atoms with Gasteiger partial charge in [-0.3, -0.25) is 9.59 Å². The van der Waals surface area contributed by atoms with Gasteiger partial charge >= 0.3 is 5.97 Å². The fraction of sp³-hybridized carbons (Fsp3) is 0.458. The molecular weight excluding hydrogens is 412 g/mol. The first-order valence-electron chi connectivity index (χ1n) is 11.1.